The van der Waals surface area contributed by atoms with Crippen LogP contribution in [0.4, 0.5) is 0 Å². The molecule has 0 heterocycles. The number of carbonyl (C=O) groups is 1. The van der Waals surface area contributed by atoms with Gasteiger partial charge in [-0.1, -0.05) is 6.07 Å². The topological polar surface area (TPSA) is 58.6 Å². The maximum absolute atomic E-state index is 11.9. The number of hydrogen-bond acceptors (Lipinski definition) is 3. The van der Waals surface area contributed by atoms with Crippen molar-refractivity contribution in [3.05, 3.63) is 23.8 Å². The van der Waals surface area contributed by atoms with E-state index >= 15 is 0 Å². The third kappa shape index (κ3) is 3.95. The van der Waals surface area contributed by atoms with Crippen LogP contribution in [0.1, 0.15) is 33.3 Å². The molecule has 2 N–H and O–H groups in total. The summed E-state index contributed by atoms with van der Waals surface area (Å²) in [6.45, 7) is 9.18. The minimum atomic E-state index is -0.607. The van der Waals surface area contributed by atoms with Crippen LogP contribution in [-0.2, 0) is 4.79 Å². The molecule has 0 saturated heterocycles. The van der Waals surface area contributed by atoms with E-state index in [1.54, 1.807) is 32.0 Å². The second-order valence-corrected chi connectivity index (χ2v) is 5.40. The van der Waals surface area contributed by atoms with Crippen LogP contribution in [0.5, 0.6) is 11.5 Å². The van der Waals surface area contributed by atoms with Crippen LogP contribution in [0, 0.1) is 6.92 Å². The van der Waals surface area contributed by atoms with Crippen molar-refractivity contribution in [2.75, 3.05) is 0 Å². The molecule has 0 aliphatic heterocycles. The minimum absolute atomic E-state index is 0.163. The Labute approximate surface area is 108 Å². The van der Waals surface area contributed by atoms with Gasteiger partial charge in [-0.2, -0.15) is 0 Å². The van der Waals surface area contributed by atoms with Gasteiger partial charge in [0.15, 0.2) is 6.10 Å². The molecule has 1 aromatic carbocycles. The molecule has 4 heteroatoms. The molecule has 0 aliphatic carbocycles. The summed E-state index contributed by atoms with van der Waals surface area (Å²) in [7, 11) is 0. The number of phenols is 1. The summed E-state index contributed by atoms with van der Waals surface area (Å²) in [4.78, 5) is 11.9. The molecule has 100 valence electrons. The normalized spacial score (nSPS) is 12.9. The molecule has 1 atom stereocenters. The first-order valence-corrected chi connectivity index (χ1v) is 5.98. The van der Waals surface area contributed by atoms with Crippen molar-refractivity contribution in [3.63, 3.8) is 0 Å². The molecule has 0 fully saturated rings. The van der Waals surface area contributed by atoms with E-state index in [2.05, 4.69) is 5.32 Å². The van der Waals surface area contributed by atoms with Gasteiger partial charge in [0.25, 0.3) is 5.91 Å². The zero-order valence-electron chi connectivity index (χ0n) is 11.6. The maximum Gasteiger partial charge on any atom is 0.261 e. The Morgan fingerprint density at radius 3 is 2.56 bits per heavy atom. The summed E-state index contributed by atoms with van der Waals surface area (Å²) in [5.41, 5.74) is 0.343. The largest absolute Gasteiger partial charge is 0.508 e. The van der Waals surface area contributed by atoms with Gasteiger partial charge in [0.05, 0.1) is 0 Å². The molecule has 0 spiro atoms. The van der Waals surface area contributed by atoms with Gasteiger partial charge in [0.1, 0.15) is 11.5 Å². The summed E-state index contributed by atoms with van der Waals surface area (Å²) in [6.07, 6.45) is -0.607. The quantitative estimate of drug-likeness (QED) is 0.867. The van der Waals surface area contributed by atoms with Crippen molar-refractivity contribution in [2.45, 2.75) is 46.3 Å². The summed E-state index contributed by atoms with van der Waals surface area (Å²) >= 11 is 0. The highest BCUT2D eigenvalue weighted by Crippen LogP contribution is 2.26. The predicted molar refractivity (Wildman–Crippen MR) is 70.8 cm³/mol. The van der Waals surface area contributed by atoms with Crippen LogP contribution in [0.15, 0.2) is 18.2 Å². The van der Waals surface area contributed by atoms with Gasteiger partial charge in [0.2, 0.25) is 0 Å². The van der Waals surface area contributed by atoms with Crippen molar-refractivity contribution in [3.8, 4) is 11.5 Å². The van der Waals surface area contributed by atoms with E-state index in [1.807, 2.05) is 20.8 Å². The number of nitrogens with one attached hydrogen (secondary N) is 1. The Bertz CT molecular complexity index is 435. The third-order valence-electron chi connectivity index (χ3n) is 2.43. The fourth-order valence-corrected chi connectivity index (χ4v) is 1.45. The van der Waals surface area contributed by atoms with Gasteiger partial charge in [-0.05, 0) is 46.8 Å². The van der Waals surface area contributed by atoms with Crippen molar-refractivity contribution in [2.24, 2.45) is 0 Å². The molecule has 1 amide bonds. The molecule has 0 saturated carbocycles. The van der Waals surface area contributed by atoms with Crippen LogP contribution < -0.4 is 10.1 Å². The number of amides is 1. The van der Waals surface area contributed by atoms with E-state index in [9.17, 15) is 9.90 Å². The number of aromatic hydroxyl groups is 1. The number of hydrogen-bond donors (Lipinski definition) is 2. The molecule has 18 heavy (non-hydrogen) atoms. The molecule has 1 unspecified atom stereocenters. The lowest BCUT2D eigenvalue weighted by atomic mass is 10.1. The van der Waals surface area contributed by atoms with Gasteiger partial charge in [-0.15, -0.1) is 0 Å². The summed E-state index contributed by atoms with van der Waals surface area (Å²) in [5, 5.41) is 12.4. The molecule has 0 aromatic heterocycles. The molecular formula is C14H21NO3. The Hall–Kier alpha value is -1.71. The highest BCUT2D eigenvalue weighted by atomic mass is 16.5. The Morgan fingerprint density at radius 2 is 2.00 bits per heavy atom. The first-order chi connectivity index (χ1) is 8.20. The average molecular weight is 251 g/mol. The van der Waals surface area contributed by atoms with Crippen LogP contribution in [0.3, 0.4) is 0 Å². The highest BCUT2D eigenvalue weighted by Gasteiger charge is 2.21. The number of carbonyl (C=O) groups excluding carboxylic acids is 1. The smallest absolute Gasteiger partial charge is 0.261 e. The monoisotopic (exact) mass is 251 g/mol. The lowest BCUT2D eigenvalue weighted by Gasteiger charge is -2.24. The summed E-state index contributed by atoms with van der Waals surface area (Å²) in [5.74, 6) is 0.507. The van der Waals surface area contributed by atoms with E-state index in [0.29, 0.717) is 11.3 Å². The molecule has 4 nitrogen and oxygen atoms in total. The van der Waals surface area contributed by atoms with E-state index < -0.39 is 6.10 Å². The van der Waals surface area contributed by atoms with Gasteiger partial charge in [-0.3, -0.25) is 4.79 Å². The van der Waals surface area contributed by atoms with Crippen LogP contribution in [-0.4, -0.2) is 22.7 Å². The number of benzene rings is 1. The Kier molecular flexibility index (Phi) is 4.22. The Balaban J connectivity index is 2.73. The SMILES string of the molecule is Cc1c(O)cccc1OC(C)C(=O)NC(C)(C)C. The summed E-state index contributed by atoms with van der Waals surface area (Å²) < 4.78 is 5.56. The minimum Gasteiger partial charge on any atom is -0.508 e. The van der Waals surface area contributed by atoms with Crippen molar-refractivity contribution >= 4 is 5.91 Å². The standard InChI is InChI=1S/C14H21NO3/c1-9-11(16)7-6-8-12(9)18-10(2)13(17)15-14(3,4)5/h6-8,10,16H,1-5H3,(H,15,17). The van der Waals surface area contributed by atoms with E-state index in [1.165, 1.54) is 0 Å². The first-order valence-electron chi connectivity index (χ1n) is 5.98. The average Bonchev–Trinajstić information content (AvgIpc) is 2.22. The second-order valence-electron chi connectivity index (χ2n) is 5.40. The lowest BCUT2D eigenvalue weighted by molar-refractivity contribution is -0.128. The van der Waals surface area contributed by atoms with Crippen LogP contribution in [0.2, 0.25) is 0 Å². The number of rotatable bonds is 3. The fraction of sp³-hybridized carbons (Fsp3) is 0.500. The molecule has 0 radical (unpaired) electrons. The highest BCUT2D eigenvalue weighted by molar-refractivity contribution is 5.81. The van der Waals surface area contributed by atoms with Gasteiger partial charge >= 0.3 is 0 Å². The number of phenolic OH excluding ortho intramolecular Hbond substituents is 1. The van der Waals surface area contributed by atoms with Gasteiger partial charge in [-0.25, -0.2) is 0 Å². The van der Waals surface area contributed by atoms with E-state index in [4.69, 9.17) is 4.74 Å². The molecular weight excluding hydrogens is 230 g/mol. The first kappa shape index (κ1) is 14.4. The van der Waals surface area contributed by atoms with Crippen LogP contribution in [0.25, 0.3) is 0 Å². The number of ether oxygens (including phenoxy) is 1. The van der Waals surface area contributed by atoms with Crippen molar-refractivity contribution < 1.29 is 14.6 Å². The zero-order chi connectivity index (χ0) is 13.9. The van der Waals surface area contributed by atoms with Crippen molar-refractivity contribution in [1.29, 1.82) is 0 Å². The van der Waals surface area contributed by atoms with Crippen molar-refractivity contribution in [1.82, 2.24) is 5.32 Å². The second kappa shape index (κ2) is 5.29. The fourth-order valence-electron chi connectivity index (χ4n) is 1.45. The molecule has 0 bridgehead atoms. The van der Waals surface area contributed by atoms with Gasteiger partial charge in [0, 0.05) is 11.1 Å². The molecule has 1 aromatic rings. The van der Waals surface area contributed by atoms with Gasteiger partial charge < -0.3 is 15.2 Å². The molecule has 0 aliphatic rings. The van der Waals surface area contributed by atoms with E-state index in [-0.39, 0.29) is 17.2 Å². The predicted octanol–water partition coefficient (Wildman–Crippen LogP) is 2.38. The third-order valence-corrected chi connectivity index (χ3v) is 2.43. The maximum atomic E-state index is 11.9. The Morgan fingerprint density at radius 1 is 1.39 bits per heavy atom. The van der Waals surface area contributed by atoms with E-state index in [0.717, 1.165) is 0 Å². The zero-order valence-corrected chi connectivity index (χ0v) is 11.6. The van der Waals surface area contributed by atoms with Crippen LogP contribution >= 0.6 is 0 Å². The molecule has 1 rings (SSSR count). The summed E-state index contributed by atoms with van der Waals surface area (Å²) in [6, 6.07) is 5.00. The lowest BCUT2D eigenvalue weighted by Crippen LogP contribution is -2.46.